The molecule has 0 spiro atoms. The topological polar surface area (TPSA) is 50.3 Å². The Morgan fingerprint density at radius 1 is 1.15 bits per heavy atom. The predicted octanol–water partition coefficient (Wildman–Crippen LogP) is 2.40. The number of ether oxygens (including phenoxy) is 1. The molecule has 1 heterocycles. The van der Waals surface area contributed by atoms with Crippen LogP contribution in [0.3, 0.4) is 0 Å². The van der Waals surface area contributed by atoms with Gasteiger partial charge in [0.2, 0.25) is 0 Å². The van der Waals surface area contributed by atoms with Crippen molar-refractivity contribution in [2.24, 2.45) is 0 Å². The normalized spacial score (nSPS) is 10.4. The first-order valence-electron chi connectivity index (χ1n) is 6.46. The van der Waals surface area contributed by atoms with Gasteiger partial charge in [0, 0.05) is 45.6 Å². The van der Waals surface area contributed by atoms with Gasteiger partial charge in [-0.2, -0.15) is 0 Å². The maximum absolute atomic E-state index is 5.11. The summed E-state index contributed by atoms with van der Waals surface area (Å²) < 4.78 is 5.11. The summed E-state index contributed by atoms with van der Waals surface area (Å²) in [6.07, 6.45) is 0. The van der Waals surface area contributed by atoms with Gasteiger partial charge in [0.05, 0.1) is 5.69 Å². The molecule has 0 aliphatic rings. The van der Waals surface area contributed by atoms with Crippen molar-refractivity contribution in [3.63, 3.8) is 0 Å². The minimum absolute atomic E-state index is 0.401. The Hall–Kier alpha value is -2.14. The second kappa shape index (κ2) is 6.34. The van der Waals surface area contributed by atoms with Crippen LogP contribution in [0, 0.1) is 0 Å². The van der Waals surface area contributed by atoms with E-state index in [0.717, 1.165) is 22.8 Å². The van der Waals surface area contributed by atoms with Gasteiger partial charge in [0.1, 0.15) is 12.4 Å². The summed E-state index contributed by atoms with van der Waals surface area (Å²) in [7, 11) is 7.53. The number of methoxy groups -OCH3 is 1. The Morgan fingerprint density at radius 2 is 1.85 bits per heavy atom. The zero-order valence-electron chi connectivity index (χ0n) is 12.3. The molecule has 2 aromatic rings. The van der Waals surface area contributed by atoms with Crippen molar-refractivity contribution in [3.8, 4) is 11.3 Å². The number of rotatable bonds is 5. The van der Waals surface area contributed by atoms with Crippen LogP contribution in [0.15, 0.2) is 30.3 Å². The van der Waals surface area contributed by atoms with Crippen molar-refractivity contribution in [3.05, 3.63) is 36.2 Å². The smallest absolute Gasteiger partial charge is 0.157 e. The van der Waals surface area contributed by atoms with E-state index in [1.165, 1.54) is 0 Å². The van der Waals surface area contributed by atoms with Gasteiger partial charge in [0.15, 0.2) is 5.82 Å². The Kier molecular flexibility index (Phi) is 4.53. The lowest BCUT2D eigenvalue weighted by Crippen LogP contribution is -2.08. The average molecular weight is 272 g/mol. The fourth-order valence-electron chi connectivity index (χ4n) is 1.90. The summed E-state index contributed by atoms with van der Waals surface area (Å²) >= 11 is 0. The van der Waals surface area contributed by atoms with Crippen molar-refractivity contribution >= 4 is 11.5 Å². The summed E-state index contributed by atoms with van der Waals surface area (Å²) in [6, 6.07) is 10.2. The molecular weight excluding hydrogens is 252 g/mol. The molecule has 1 aromatic carbocycles. The van der Waals surface area contributed by atoms with E-state index < -0.39 is 0 Å². The highest BCUT2D eigenvalue weighted by Crippen LogP contribution is 2.22. The molecule has 0 fully saturated rings. The number of benzene rings is 1. The van der Waals surface area contributed by atoms with Crippen LogP contribution in [-0.2, 0) is 11.3 Å². The van der Waals surface area contributed by atoms with E-state index in [-0.39, 0.29) is 0 Å². The van der Waals surface area contributed by atoms with Crippen molar-refractivity contribution < 1.29 is 4.74 Å². The molecule has 0 radical (unpaired) electrons. The molecule has 2 rings (SSSR count). The quantitative estimate of drug-likeness (QED) is 0.905. The zero-order chi connectivity index (χ0) is 14.5. The maximum atomic E-state index is 5.11. The lowest BCUT2D eigenvalue weighted by atomic mass is 10.1. The number of hydrogen-bond acceptors (Lipinski definition) is 5. The van der Waals surface area contributed by atoms with Crippen molar-refractivity contribution in [1.82, 2.24) is 9.97 Å². The minimum Gasteiger partial charge on any atom is -0.378 e. The molecule has 1 aromatic heterocycles. The molecule has 0 bridgehead atoms. The fourth-order valence-corrected chi connectivity index (χ4v) is 1.90. The molecule has 1 N–H and O–H groups in total. The molecule has 5 heteroatoms. The van der Waals surface area contributed by atoms with E-state index >= 15 is 0 Å². The van der Waals surface area contributed by atoms with Crippen LogP contribution < -0.4 is 10.2 Å². The molecule has 20 heavy (non-hydrogen) atoms. The second-order valence-electron chi connectivity index (χ2n) is 4.68. The number of aromatic nitrogens is 2. The summed E-state index contributed by atoms with van der Waals surface area (Å²) in [5, 5.41) is 3.05. The molecule has 0 aliphatic heterocycles. The first kappa shape index (κ1) is 14.3. The van der Waals surface area contributed by atoms with Gasteiger partial charge in [0.25, 0.3) is 0 Å². The summed E-state index contributed by atoms with van der Waals surface area (Å²) in [5.74, 6) is 1.46. The molecule has 0 atom stereocenters. The first-order valence-corrected chi connectivity index (χ1v) is 6.46. The molecule has 0 saturated heterocycles. The zero-order valence-corrected chi connectivity index (χ0v) is 12.3. The van der Waals surface area contributed by atoms with Crippen molar-refractivity contribution in [2.45, 2.75) is 6.61 Å². The summed E-state index contributed by atoms with van der Waals surface area (Å²) in [5.41, 5.74) is 3.11. The Bertz CT molecular complexity index is 567. The van der Waals surface area contributed by atoms with Crippen LogP contribution >= 0.6 is 0 Å². The lowest BCUT2D eigenvalue weighted by Gasteiger charge is -2.13. The van der Waals surface area contributed by atoms with Gasteiger partial charge in [-0.25, -0.2) is 9.97 Å². The SMILES string of the molecule is CNc1cc(-c2ccc(N(C)C)cc2)nc(COC)n1. The number of nitrogens with one attached hydrogen (secondary N) is 1. The van der Waals surface area contributed by atoms with E-state index in [1.54, 1.807) is 7.11 Å². The highest BCUT2D eigenvalue weighted by Gasteiger charge is 2.06. The highest BCUT2D eigenvalue weighted by atomic mass is 16.5. The van der Waals surface area contributed by atoms with E-state index in [4.69, 9.17) is 4.74 Å². The Labute approximate surface area is 119 Å². The van der Waals surface area contributed by atoms with E-state index in [2.05, 4.69) is 44.5 Å². The molecule has 0 aliphatic carbocycles. The van der Waals surface area contributed by atoms with E-state index in [9.17, 15) is 0 Å². The minimum atomic E-state index is 0.401. The standard InChI is InChI=1S/C15H20N4O/c1-16-14-9-13(17-15(18-14)10-20-4)11-5-7-12(8-6-11)19(2)3/h5-9H,10H2,1-4H3,(H,16,17,18). The van der Waals surface area contributed by atoms with Gasteiger partial charge in [-0.3, -0.25) is 0 Å². The van der Waals surface area contributed by atoms with Crippen LogP contribution in [0.4, 0.5) is 11.5 Å². The molecular formula is C15H20N4O. The van der Waals surface area contributed by atoms with Crippen LogP contribution in [0.1, 0.15) is 5.82 Å². The lowest BCUT2D eigenvalue weighted by molar-refractivity contribution is 0.178. The molecule has 106 valence electrons. The van der Waals surface area contributed by atoms with E-state index in [0.29, 0.717) is 12.4 Å². The average Bonchev–Trinajstić information content (AvgIpc) is 2.47. The maximum Gasteiger partial charge on any atom is 0.157 e. The predicted molar refractivity (Wildman–Crippen MR) is 82.1 cm³/mol. The van der Waals surface area contributed by atoms with Crippen LogP contribution in [0.25, 0.3) is 11.3 Å². The van der Waals surface area contributed by atoms with Crippen molar-refractivity contribution in [2.75, 3.05) is 38.5 Å². The molecule has 0 saturated carbocycles. The van der Waals surface area contributed by atoms with Gasteiger partial charge >= 0.3 is 0 Å². The highest BCUT2D eigenvalue weighted by molar-refractivity contribution is 5.65. The number of hydrogen-bond donors (Lipinski definition) is 1. The van der Waals surface area contributed by atoms with E-state index in [1.807, 2.05) is 27.2 Å². The number of nitrogens with zero attached hydrogens (tertiary/aromatic N) is 3. The number of anilines is 2. The third kappa shape index (κ3) is 3.24. The molecule has 5 nitrogen and oxygen atoms in total. The van der Waals surface area contributed by atoms with Gasteiger partial charge < -0.3 is 15.0 Å². The fraction of sp³-hybridized carbons (Fsp3) is 0.333. The third-order valence-corrected chi connectivity index (χ3v) is 2.98. The Morgan fingerprint density at radius 3 is 2.40 bits per heavy atom. The summed E-state index contributed by atoms with van der Waals surface area (Å²) in [4.78, 5) is 11.0. The molecule has 0 unspecified atom stereocenters. The first-order chi connectivity index (χ1) is 9.63. The van der Waals surface area contributed by atoms with Crippen LogP contribution in [0.2, 0.25) is 0 Å². The Balaban J connectivity index is 2.37. The van der Waals surface area contributed by atoms with Crippen LogP contribution in [0.5, 0.6) is 0 Å². The van der Waals surface area contributed by atoms with Gasteiger partial charge in [-0.15, -0.1) is 0 Å². The second-order valence-corrected chi connectivity index (χ2v) is 4.68. The molecule has 0 amide bonds. The van der Waals surface area contributed by atoms with Gasteiger partial charge in [-0.05, 0) is 12.1 Å². The van der Waals surface area contributed by atoms with Gasteiger partial charge in [-0.1, -0.05) is 12.1 Å². The van der Waals surface area contributed by atoms with Crippen molar-refractivity contribution in [1.29, 1.82) is 0 Å². The summed E-state index contributed by atoms with van der Waals surface area (Å²) in [6.45, 7) is 0.401. The van der Waals surface area contributed by atoms with Crippen LogP contribution in [-0.4, -0.2) is 38.2 Å². The monoisotopic (exact) mass is 272 g/mol. The third-order valence-electron chi connectivity index (χ3n) is 2.98. The largest absolute Gasteiger partial charge is 0.378 e.